The quantitative estimate of drug-likeness (QED) is 0.884. The van der Waals surface area contributed by atoms with Crippen molar-refractivity contribution in [2.75, 3.05) is 6.54 Å². The number of rotatable bonds is 4. The fraction of sp³-hybridized carbons (Fsp3) is 0.353. The normalized spacial score (nSPS) is 13.5. The van der Waals surface area contributed by atoms with E-state index in [4.69, 9.17) is 0 Å². The molecule has 24 heavy (non-hydrogen) atoms. The van der Waals surface area contributed by atoms with Crippen LogP contribution in [0.2, 0.25) is 0 Å². The maximum atomic E-state index is 12.5. The van der Waals surface area contributed by atoms with E-state index >= 15 is 0 Å². The standard InChI is InChI=1S/C17H19N3O3S/c1-2-15(21)18-8-11-4-3-5-12-9-20(7-6-13(11)12)16(22)14-10-24-17(23)19-14/h3-5,10H,2,6-9H2,1H3,(H,18,21)(H,19,23). The van der Waals surface area contributed by atoms with Crippen LogP contribution in [0.15, 0.2) is 28.4 Å². The van der Waals surface area contributed by atoms with E-state index in [0.717, 1.165) is 28.9 Å². The van der Waals surface area contributed by atoms with Crippen LogP contribution in [-0.4, -0.2) is 28.2 Å². The van der Waals surface area contributed by atoms with Crippen LogP contribution < -0.4 is 10.2 Å². The van der Waals surface area contributed by atoms with Gasteiger partial charge < -0.3 is 15.2 Å². The number of carbonyl (C=O) groups is 2. The van der Waals surface area contributed by atoms with Crippen molar-refractivity contribution in [1.29, 1.82) is 0 Å². The fourth-order valence-corrected chi connectivity index (χ4v) is 3.46. The number of fused-ring (bicyclic) bond motifs is 1. The average Bonchev–Trinajstić information content (AvgIpc) is 3.04. The number of carbonyl (C=O) groups excluding carboxylic acids is 2. The van der Waals surface area contributed by atoms with Crippen molar-refractivity contribution in [2.24, 2.45) is 0 Å². The molecule has 1 aliphatic heterocycles. The lowest BCUT2D eigenvalue weighted by molar-refractivity contribution is -0.120. The van der Waals surface area contributed by atoms with Crippen molar-refractivity contribution >= 4 is 23.2 Å². The van der Waals surface area contributed by atoms with E-state index in [2.05, 4.69) is 10.3 Å². The Hall–Kier alpha value is -2.41. The number of hydrogen-bond acceptors (Lipinski definition) is 4. The highest BCUT2D eigenvalue weighted by molar-refractivity contribution is 7.07. The molecule has 3 rings (SSSR count). The molecule has 2 aromatic rings. The lowest BCUT2D eigenvalue weighted by Crippen LogP contribution is -2.37. The van der Waals surface area contributed by atoms with Crippen LogP contribution in [0.1, 0.15) is 40.5 Å². The first-order chi connectivity index (χ1) is 11.6. The largest absolute Gasteiger partial charge is 0.352 e. The number of nitrogens with zero attached hydrogens (tertiary/aromatic N) is 1. The van der Waals surface area contributed by atoms with Crippen LogP contribution in [0.25, 0.3) is 0 Å². The molecule has 1 aliphatic rings. The summed E-state index contributed by atoms with van der Waals surface area (Å²) < 4.78 is 0. The third-order valence-electron chi connectivity index (χ3n) is 4.20. The second-order valence-corrected chi connectivity index (χ2v) is 6.57. The Labute approximate surface area is 143 Å². The number of aromatic nitrogens is 1. The molecular formula is C17H19N3O3S. The zero-order chi connectivity index (χ0) is 17.1. The van der Waals surface area contributed by atoms with Crippen LogP contribution in [0.5, 0.6) is 0 Å². The molecule has 6 nitrogen and oxygen atoms in total. The summed E-state index contributed by atoms with van der Waals surface area (Å²) in [6.45, 7) is 3.46. The maximum Gasteiger partial charge on any atom is 0.305 e. The predicted octanol–water partition coefficient (Wildman–Crippen LogP) is 1.66. The minimum Gasteiger partial charge on any atom is -0.352 e. The van der Waals surface area contributed by atoms with Crippen LogP contribution in [-0.2, 0) is 24.3 Å². The second-order valence-electron chi connectivity index (χ2n) is 5.72. The van der Waals surface area contributed by atoms with Gasteiger partial charge in [0.15, 0.2) is 0 Å². The van der Waals surface area contributed by atoms with Gasteiger partial charge in [0.05, 0.1) is 0 Å². The summed E-state index contributed by atoms with van der Waals surface area (Å²) in [7, 11) is 0. The van der Waals surface area contributed by atoms with Crippen molar-refractivity contribution in [2.45, 2.75) is 32.9 Å². The van der Waals surface area contributed by atoms with Gasteiger partial charge in [-0.15, -0.1) is 0 Å². The van der Waals surface area contributed by atoms with Crippen LogP contribution >= 0.6 is 11.3 Å². The molecule has 0 aliphatic carbocycles. The highest BCUT2D eigenvalue weighted by Gasteiger charge is 2.24. The minimum absolute atomic E-state index is 0.0293. The van der Waals surface area contributed by atoms with E-state index in [1.54, 1.807) is 10.3 Å². The first kappa shape index (κ1) is 16.4. The third kappa shape index (κ3) is 3.41. The molecule has 0 fully saturated rings. The minimum atomic E-state index is -0.218. The van der Waals surface area contributed by atoms with Gasteiger partial charge >= 0.3 is 4.87 Å². The summed E-state index contributed by atoms with van der Waals surface area (Å²) in [6, 6.07) is 5.98. The van der Waals surface area contributed by atoms with E-state index in [0.29, 0.717) is 31.7 Å². The van der Waals surface area contributed by atoms with Gasteiger partial charge in [0.2, 0.25) is 5.91 Å². The molecule has 2 amide bonds. The van der Waals surface area contributed by atoms with Crippen molar-refractivity contribution in [1.82, 2.24) is 15.2 Å². The van der Waals surface area contributed by atoms with Crippen molar-refractivity contribution in [3.05, 3.63) is 55.6 Å². The molecule has 2 N–H and O–H groups in total. The van der Waals surface area contributed by atoms with Gasteiger partial charge in [0, 0.05) is 31.4 Å². The Bertz CT molecular complexity index is 824. The third-order valence-corrected chi connectivity index (χ3v) is 4.87. The second kappa shape index (κ2) is 7.00. The zero-order valence-corrected chi connectivity index (χ0v) is 14.2. The number of aromatic amines is 1. The molecule has 0 unspecified atom stereocenters. The fourth-order valence-electron chi connectivity index (χ4n) is 2.90. The molecule has 0 saturated carbocycles. The molecule has 7 heteroatoms. The lowest BCUT2D eigenvalue weighted by atomic mass is 9.94. The van der Waals surface area contributed by atoms with Gasteiger partial charge in [-0.05, 0) is 23.1 Å². The van der Waals surface area contributed by atoms with Crippen LogP contribution in [0, 0.1) is 0 Å². The van der Waals surface area contributed by atoms with Gasteiger partial charge in [0.25, 0.3) is 5.91 Å². The van der Waals surface area contributed by atoms with Gasteiger partial charge in [-0.3, -0.25) is 14.4 Å². The number of nitrogens with one attached hydrogen (secondary N) is 2. The highest BCUT2D eigenvalue weighted by atomic mass is 32.1. The van der Waals surface area contributed by atoms with E-state index in [9.17, 15) is 14.4 Å². The Morgan fingerprint density at radius 3 is 2.92 bits per heavy atom. The topological polar surface area (TPSA) is 82.3 Å². The predicted molar refractivity (Wildman–Crippen MR) is 92.0 cm³/mol. The number of H-pyrrole nitrogens is 1. The molecule has 126 valence electrons. The van der Waals surface area contributed by atoms with E-state index < -0.39 is 0 Å². The number of benzene rings is 1. The first-order valence-corrected chi connectivity index (χ1v) is 8.80. The van der Waals surface area contributed by atoms with Crippen molar-refractivity contribution in [3.63, 3.8) is 0 Å². The first-order valence-electron chi connectivity index (χ1n) is 7.92. The summed E-state index contributed by atoms with van der Waals surface area (Å²) >= 11 is 0.997. The van der Waals surface area contributed by atoms with E-state index in [1.807, 2.05) is 25.1 Å². The Morgan fingerprint density at radius 1 is 1.38 bits per heavy atom. The Balaban J connectivity index is 1.75. The number of amides is 2. The molecule has 0 saturated heterocycles. The van der Waals surface area contributed by atoms with Gasteiger partial charge in [-0.25, -0.2) is 0 Å². The molecule has 0 bridgehead atoms. The highest BCUT2D eigenvalue weighted by Crippen LogP contribution is 2.23. The van der Waals surface area contributed by atoms with E-state index in [-0.39, 0.29) is 16.7 Å². The maximum absolute atomic E-state index is 12.5. The molecule has 0 spiro atoms. The molecule has 0 radical (unpaired) electrons. The monoisotopic (exact) mass is 345 g/mol. The van der Waals surface area contributed by atoms with Crippen molar-refractivity contribution < 1.29 is 9.59 Å². The van der Waals surface area contributed by atoms with Crippen molar-refractivity contribution in [3.8, 4) is 0 Å². The molecule has 1 aromatic carbocycles. The van der Waals surface area contributed by atoms with Crippen LogP contribution in [0.3, 0.4) is 0 Å². The SMILES string of the molecule is CCC(=O)NCc1cccc2c1CCN(C(=O)c1csc(=O)[nH]1)C2. The lowest BCUT2D eigenvalue weighted by Gasteiger charge is -2.30. The molecular weight excluding hydrogens is 326 g/mol. The summed E-state index contributed by atoms with van der Waals surface area (Å²) in [5.41, 5.74) is 3.75. The summed E-state index contributed by atoms with van der Waals surface area (Å²) in [5, 5.41) is 4.47. The average molecular weight is 345 g/mol. The summed E-state index contributed by atoms with van der Waals surface area (Å²) in [6.07, 6.45) is 1.21. The smallest absolute Gasteiger partial charge is 0.305 e. The zero-order valence-electron chi connectivity index (χ0n) is 13.4. The molecule has 0 atom stereocenters. The summed E-state index contributed by atoms with van der Waals surface area (Å²) in [4.78, 5) is 39.3. The number of hydrogen-bond donors (Lipinski definition) is 2. The Morgan fingerprint density at radius 2 is 2.21 bits per heavy atom. The molecule has 1 aromatic heterocycles. The molecule has 2 heterocycles. The van der Waals surface area contributed by atoms with Crippen LogP contribution in [0.4, 0.5) is 0 Å². The van der Waals surface area contributed by atoms with Gasteiger partial charge in [0.1, 0.15) is 5.69 Å². The van der Waals surface area contributed by atoms with Gasteiger partial charge in [-0.2, -0.15) is 0 Å². The Kier molecular flexibility index (Phi) is 4.80. The summed E-state index contributed by atoms with van der Waals surface area (Å²) in [5.74, 6) is -0.120. The van der Waals surface area contributed by atoms with Gasteiger partial charge in [-0.1, -0.05) is 36.5 Å². The van der Waals surface area contributed by atoms with E-state index in [1.165, 1.54) is 5.56 Å². The number of thiazole rings is 1.